The van der Waals surface area contributed by atoms with Gasteiger partial charge in [0.2, 0.25) is 0 Å². The molecular formula is C16H22N2O. The lowest BCUT2D eigenvalue weighted by molar-refractivity contribution is 0.251. The maximum absolute atomic E-state index is 5.22. The van der Waals surface area contributed by atoms with Crippen LogP contribution in [-0.4, -0.2) is 17.1 Å². The number of aromatic nitrogens is 1. The van der Waals surface area contributed by atoms with Crippen molar-refractivity contribution in [1.29, 1.82) is 0 Å². The number of rotatable bonds is 4. The minimum atomic E-state index is 0.370. The molecule has 1 atom stereocenters. The van der Waals surface area contributed by atoms with Crippen LogP contribution in [0.25, 0.3) is 0 Å². The van der Waals surface area contributed by atoms with Gasteiger partial charge in [0.05, 0.1) is 5.69 Å². The number of benzene rings is 1. The summed E-state index contributed by atoms with van der Waals surface area (Å²) < 4.78 is 5.22. The first-order valence-electron chi connectivity index (χ1n) is 6.67. The number of nitrogens with zero attached hydrogens (tertiary/aromatic N) is 2. The first-order chi connectivity index (χ1) is 8.99. The van der Waals surface area contributed by atoms with Crippen molar-refractivity contribution in [2.24, 2.45) is 0 Å². The molecule has 0 aliphatic heterocycles. The minimum Gasteiger partial charge on any atom is -0.361 e. The zero-order valence-electron chi connectivity index (χ0n) is 12.4. The molecule has 2 rings (SSSR count). The van der Waals surface area contributed by atoms with E-state index in [4.69, 9.17) is 4.52 Å². The maximum Gasteiger partial charge on any atom is 0.138 e. The van der Waals surface area contributed by atoms with Gasteiger partial charge in [-0.2, -0.15) is 0 Å². The Balaban J connectivity index is 2.11. The van der Waals surface area contributed by atoms with Crippen LogP contribution in [0.2, 0.25) is 0 Å². The highest BCUT2D eigenvalue weighted by Gasteiger charge is 2.16. The van der Waals surface area contributed by atoms with Crippen LogP contribution in [0.4, 0.5) is 0 Å². The molecule has 0 spiro atoms. The van der Waals surface area contributed by atoms with Crippen LogP contribution < -0.4 is 0 Å². The van der Waals surface area contributed by atoms with Gasteiger partial charge in [0.15, 0.2) is 0 Å². The summed E-state index contributed by atoms with van der Waals surface area (Å²) in [5.74, 6) is 0.917. The second-order valence-electron chi connectivity index (χ2n) is 5.30. The number of aryl methyl sites for hydroxylation is 3. The van der Waals surface area contributed by atoms with Gasteiger partial charge in [-0.15, -0.1) is 0 Å². The first-order valence-corrected chi connectivity index (χ1v) is 6.67. The average Bonchev–Trinajstić information content (AvgIpc) is 2.70. The zero-order valence-corrected chi connectivity index (χ0v) is 12.4. The van der Waals surface area contributed by atoms with Gasteiger partial charge in [-0.25, -0.2) is 0 Å². The third-order valence-electron chi connectivity index (χ3n) is 3.81. The molecule has 3 heteroatoms. The van der Waals surface area contributed by atoms with E-state index < -0.39 is 0 Å². The Bertz CT molecular complexity index is 523. The molecular weight excluding hydrogens is 236 g/mol. The molecule has 1 heterocycles. The molecule has 0 radical (unpaired) electrons. The fraction of sp³-hybridized carbons (Fsp3) is 0.438. The van der Waals surface area contributed by atoms with Gasteiger partial charge < -0.3 is 4.52 Å². The molecule has 0 N–H and O–H groups in total. The summed E-state index contributed by atoms with van der Waals surface area (Å²) in [4.78, 5) is 2.32. The van der Waals surface area contributed by atoms with Crippen LogP contribution in [0, 0.1) is 20.8 Å². The fourth-order valence-electron chi connectivity index (χ4n) is 2.21. The molecule has 0 amide bonds. The van der Waals surface area contributed by atoms with Crippen molar-refractivity contribution in [2.75, 3.05) is 7.05 Å². The number of hydrogen-bond donors (Lipinski definition) is 0. The lowest BCUT2D eigenvalue weighted by atomic mass is 10.0. The van der Waals surface area contributed by atoms with Gasteiger partial charge >= 0.3 is 0 Å². The van der Waals surface area contributed by atoms with Crippen LogP contribution in [0.5, 0.6) is 0 Å². The summed E-state index contributed by atoms with van der Waals surface area (Å²) in [6.45, 7) is 9.16. The molecule has 3 nitrogen and oxygen atoms in total. The average molecular weight is 258 g/mol. The molecule has 0 saturated heterocycles. The summed E-state index contributed by atoms with van der Waals surface area (Å²) in [6, 6.07) is 9.09. The molecule has 2 aromatic rings. The van der Waals surface area contributed by atoms with E-state index in [0.717, 1.165) is 18.0 Å². The highest BCUT2D eigenvalue weighted by Crippen LogP contribution is 2.23. The number of hydrogen-bond acceptors (Lipinski definition) is 3. The summed E-state index contributed by atoms with van der Waals surface area (Å²) in [5, 5.41) is 4.01. The Morgan fingerprint density at radius 2 is 1.79 bits per heavy atom. The van der Waals surface area contributed by atoms with E-state index in [-0.39, 0.29) is 0 Å². The lowest BCUT2D eigenvalue weighted by Gasteiger charge is -2.25. The Labute approximate surface area is 115 Å². The van der Waals surface area contributed by atoms with Gasteiger partial charge in [-0.05, 0) is 40.3 Å². The van der Waals surface area contributed by atoms with Gasteiger partial charge in [0, 0.05) is 18.2 Å². The van der Waals surface area contributed by atoms with Crippen molar-refractivity contribution < 1.29 is 4.52 Å². The molecule has 0 unspecified atom stereocenters. The van der Waals surface area contributed by atoms with E-state index >= 15 is 0 Å². The molecule has 0 saturated carbocycles. The van der Waals surface area contributed by atoms with E-state index in [2.05, 4.69) is 55.2 Å². The van der Waals surface area contributed by atoms with Gasteiger partial charge in [0.1, 0.15) is 5.76 Å². The van der Waals surface area contributed by atoms with Gasteiger partial charge in [0.25, 0.3) is 0 Å². The van der Waals surface area contributed by atoms with Gasteiger partial charge in [-0.1, -0.05) is 35.0 Å². The fourth-order valence-corrected chi connectivity index (χ4v) is 2.21. The van der Waals surface area contributed by atoms with Crippen LogP contribution >= 0.6 is 0 Å². The van der Waals surface area contributed by atoms with Crippen molar-refractivity contribution in [3.05, 3.63) is 52.4 Å². The third kappa shape index (κ3) is 3.04. The summed E-state index contributed by atoms with van der Waals surface area (Å²) in [6.07, 6.45) is 0. The Morgan fingerprint density at radius 1 is 1.16 bits per heavy atom. The third-order valence-corrected chi connectivity index (χ3v) is 3.81. The molecule has 0 fully saturated rings. The predicted molar refractivity (Wildman–Crippen MR) is 77.0 cm³/mol. The van der Waals surface area contributed by atoms with Crippen molar-refractivity contribution in [1.82, 2.24) is 10.1 Å². The lowest BCUT2D eigenvalue weighted by Crippen LogP contribution is -2.22. The second kappa shape index (κ2) is 5.57. The minimum absolute atomic E-state index is 0.370. The van der Waals surface area contributed by atoms with E-state index in [1.54, 1.807) is 0 Å². The summed E-state index contributed by atoms with van der Waals surface area (Å²) in [7, 11) is 2.14. The molecule has 0 bridgehead atoms. The van der Waals surface area contributed by atoms with Crippen LogP contribution in [-0.2, 0) is 6.54 Å². The van der Waals surface area contributed by atoms with Crippen molar-refractivity contribution >= 4 is 0 Å². The second-order valence-corrected chi connectivity index (χ2v) is 5.30. The van der Waals surface area contributed by atoms with E-state index in [9.17, 15) is 0 Å². The Hall–Kier alpha value is -1.61. The van der Waals surface area contributed by atoms with E-state index in [1.807, 2.05) is 13.8 Å². The maximum atomic E-state index is 5.22. The Kier molecular flexibility index (Phi) is 4.05. The summed E-state index contributed by atoms with van der Waals surface area (Å²) >= 11 is 0. The van der Waals surface area contributed by atoms with Gasteiger partial charge in [-0.3, -0.25) is 4.90 Å². The normalized spacial score (nSPS) is 12.9. The summed E-state index contributed by atoms with van der Waals surface area (Å²) in [5.41, 5.74) is 4.81. The molecule has 0 aliphatic rings. The molecule has 1 aromatic carbocycles. The standard InChI is InChI=1S/C16H22N2O/c1-11-6-8-15(9-7-11)13(3)18(5)10-16-12(2)17-19-14(16)4/h6-9,13H,10H2,1-5H3/t13-/m0/s1. The molecule has 19 heavy (non-hydrogen) atoms. The topological polar surface area (TPSA) is 29.3 Å². The quantitative estimate of drug-likeness (QED) is 0.835. The van der Waals surface area contributed by atoms with Crippen molar-refractivity contribution in [3.63, 3.8) is 0 Å². The predicted octanol–water partition coefficient (Wildman–Crippen LogP) is 3.79. The first kappa shape index (κ1) is 13.8. The Morgan fingerprint density at radius 3 is 2.32 bits per heavy atom. The molecule has 0 aliphatic carbocycles. The van der Waals surface area contributed by atoms with Crippen LogP contribution in [0.15, 0.2) is 28.8 Å². The zero-order chi connectivity index (χ0) is 14.0. The largest absolute Gasteiger partial charge is 0.361 e. The van der Waals surface area contributed by atoms with E-state index in [1.165, 1.54) is 16.7 Å². The van der Waals surface area contributed by atoms with Crippen LogP contribution in [0.3, 0.4) is 0 Å². The monoisotopic (exact) mass is 258 g/mol. The SMILES string of the molecule is Cc1ccc([C@H](C)N(C)Cc2c(C)noc2C)cc1. The highest BCUT2D eigenvalue weighted by atomic mass is 16.5. The highest BCUT2D eigenvalue weighted by molar-refractivity contribution is 5.25. The van der Waals surface area contributed by atoms with Crippen LogP contribution in [0.1, 0.15) is 41.1 Å². The van der Waals surface area contributed by atoms with Crippen molar-refractivity contribution in [2.45, 2.75) is 40.3 Å². The smallest absolute Gasteiger partial charge is 0.138 e. The van der Waals surface area contributed by atoms with E-state index in [0.29, 0.717) is 6.04 Å². The van der Waals surface area contributed by atoms with Crippen molar-refractivity contribution in [3.8, 4) is 0 Å². The molecule has 1 aromatic heterocycles. The molecule has 102 valence electrons.